The number of carbonyl (C=O) groups excluding carboxylic acids is 1. The second-order valence-corrected chi connectivity index (χ2v) is 11.1. The van der Waals surface area contributed by atoms with E-state index in [1.165, 1.54) is 6.07 Å². The van der Waals surface area contributed by atoms with Crippen molar-refractivity contribution in [3.63, 3.8) is 0 Å². The van der Waals surface area contributed by atoms with E-state index >= 15 is 0 Å². The van der Waals surface area contributed by atoms with Gasteiger partial charge >= 0.3 is 0 Å². The lowest BCUT2D eigenvalue weighted by molar-refractivity contribution is 0.0986. The summed E-state index contributed by atoms with van der Waals surface area (Å²) in [5, 5.41) is 0.416. The van der Waals surface area contributed by atoms with E-state index in [0.717, 1.165) is 36.3 Å². The zero-order chi connectivity index (χ0) is 20.4. The predicted octanol–water partition coefficient (Wildman–Crippen LogP) is 4.39. The summed E-state index contributed by atoms with van der Waals surface area (Å²) in [4.78, 5) is 16.5. The summed E-state index contributed by atoms with van der Waals surface area (Å²) in [6.45, 7) is 3.89. The van der Waals surface area contributed by atoms with E-state index < -0.39 is 10.0 Å². The van der Waals surface area contributed by atoms with Crippen LogP contribution in [0.2, 0.25) is 0 Å². The molecular weight excluding hydrogens is 404 g/mol. The Morgan fingerprint density at radius 3 is 2.55 bits per heavy atom. The standard InChI is InChI=1S/C22H26N2O3S2/c1-17-12-15-24(20-10-3-4-11-21(20)28-17)22(25)18-8-7-9-19(16-18)29(26,27)23-13-5-2-6-14-23/h3-4,7-11,16-17H,2,5-6,12-15H2,1H3/t17-/m0/s1. The number of amides is 1. The molecule has 2 aromatic carbocycles. The molecule has 154 valence electrons. The van der Waals surface area contributed by atoms with Gasteiger partial charge in [-0.15, -0.1) is 11.8 Å². The van der Waals surface area contributed by atoms with Crippen LogP contribution in [0.25, 0.3) is 0 Å². The number of rotatable bonds is 3. The first-order valence-corrected chi connectivity index (χ1v) is 12.5. The van der Waals surface area contributed by atoms with Crippen LogP contribution in [-0.2, 0) is 10.0 Å². The molecule has 2 aliphatic heterocycles. The Morgan fingerprint density at radius 1 is 1.00 bits per heavy atom. The van der Waals surface area contributed by atoms with Crippen LogP contribution in [0, 0.1) is 0 Å². The summed E-state index contributed by atoms with van der Waals surface area (Å²) in [5.74, 6) is -0.150. The molecule has 0 unspecified atom stereocenters. The van der Waals surface area contributed by atoms with Crippen molar-refractivity contribution < 1.29 is 13.2 Å². The lowest BCUT2D eigenvalue weighted by Crippen LogP contribution is -2.36. The summed E-state index contributed by atoms with van der Waals surface area (Å²) in [5.41, 5.74) is 1.31. The molecular formula is C22H26N2O3S2. The maximum Gasteiger partial charge on any atom is 0.258 e. The second kappa shape index (κ2) is 8.50. The maximum absolute atomic E-state index is 13.4. The molecule has 0 bridgehead atoms. The number of thioether (sulfide) groups is 1. The molecule has 5 nitrogen and oxygen atoms in total. The van der Waals surface area contributed by atoms with Gasteiger partial charge in [-0.05, 0) is 49.6 Å². The molecule has 1 amide bonds. The van der Waals surface area contributed by atoms with Crippen LogP contribution in [0.4, 0.5) is 5.69 Å². The fourth-order valence-electron chi connectivity index (χ4n) is 3.90. The molecule has 2 aromatic rings. The first kappa shape index (κ1) is 20.4. The van der Waals surface area contributed by atoms with E-state index in [2.05, 4.69) is 6.92 Å². The monoisotopic (exact) mass is 430 g/mol. The van der Waals surface area contributed by atoms with Crippen molar-refractivity contribution in [3.8, 4) is 0 Å². The number of fused-ring (bicyclic) bond motifs is 1. The van der Waals surface area contributed by atoms with Gasteiger partial charge in [-0.1, -0.05) is 31.5 Å². The molecule has 7 heteroatoms. The van der Waals surface area contributed by atoms with Crippen molar-refractivity contribution in [2.45, 2.75) is 47.6 Å². The molecule has 1 atom stereocenters. The van der Waals surface area contributed by atoms with Crippen molar-refractivity contribution in [2.75, 3.05) is 24.5 Å². The molecule has 1 saturated heterocycles. The van der Waals surface area contributed by atoms with Gasteiger partial charge in [0.1, 0.15) is 0 Å². The highest BCUT2D eigenvalue weighted by molar-refractivity contribution is 8.00. The number of carbonyl (C=O) groups is 1. The summed E-state index contributed by atoms with van der Waals surface area (Å²) < 4.78 is 27.6. The molecule has 0 saturated carbocycles. The maximum atomic E-state index is 13.4. The lowest BCUT2D eigenvalue weighted by Gasteiger charge is -2.26. The van der Waals surface area contributed by atoms with Crippen LogP contribution < -0.4 is 4.90 Å². The van der Waals surface area contributed by atoms with Gasteiger partial charge < -0.3 is 4.90 Å². The van der Waals surface area contributed by atoms with E-state index in [1.807, 2.05) is 24.3 Å². The minimum Gasteiger partial charge on any atom is -0.307 e. The Labute approximate surface area is 177 Å². The average molecular weight is 431 g/mol. The first-order chi connectivity index (χ1) is 14.0. The van der Waals surface area contributed by atoms with Crippen LogP contribution in [0.5, 0.6) is 0 Å². The highest BCUT2D eigenvalue weighted by Crippen LogP contribution is 2.38. The third kappa shape index (κ3) is 4.22. The normalized spacial score (nSPS) is 20.7. The van der Waals surface area contributed by atoms with Crippen LogP contribution in [0.1, 0.15) is 43.0 Å². The number of hydrogen-bond acceptors (Lipinski definition) is 4. The molecule has 0 spiro atoms. The van der Waals surface area contributed by atoms with Crippen molar-refractivity contribution >= 4 is 33.4 Å². The molecule has 29 heavy (non-hydrogen) atoms. The largest absolute Gasteiger partial charge is 0.307 e. The second-order valence-electron chi connectivity index (χ2n) is 7.63. The average Bonchev–Trinajstić information content (AvgIpc) is 2.92. The number of nitrogens with zero attached hydrogens (tertiary/aromatic N) is 2. The fraction of sp³-hybridized carbons (Fsp3) is 0.409. The number of benzene rings is 2. The van der Waals surface area contributed by atoms with Gasteiger partial charge in [0.15, 0.2) is 0 Å². The number of para-hydroxylation sites is 1. The number of sulfonamides is 1. The molecule has 0 aliphatic carbocycles. The number of hydrogen-bond donors (Lipinski definition) is 0. The molecule has 2 aliphatic rings. The van der Waals surface area contributed by atoms with Crippen LogP contribution >= 0.6 is 11.8 Å². The molecule has 4 rings (SSSR count). The third-order valence-corrected chi connectivity index (χ3v) is 8.65. The zero-order valence-corrected chi connectivity index (χ0v) is 18.2. The Kier molecular flexibility index (Phi) is 5.99. The Bertz CT molecular complexity index is 1000. The summed E-state index contributed by atoms with van der Waals surface area (Å²) in [7, 11) is -3.57. The minimum atomic E-state index is -3.57. The Balaban J connectivity index is 1.66. The molecule has 0 N–H and O–H groups in total. The fourth-order valence-corrected chi connectivity index (χ4v) is 6.57. The SMILES string of the molecule is C[C@H]1CCN(C(=O)c2cccc(S(=O)(=O)N3CCCCC3)c2)c2ccccc2S1. The highest BCUT2D eigenvalue weighted by Gasteiger charge is 2.29. The zero-order valence-electron chi connectivity index (χ0n) is 16.6. The van der Waals surface area contributed by atoms with Crippen molar-refractivity contribution in [1.29, 1.82) is 0 Å². The van der Waals surface area contributed by atoms with E-state index in [0.29, 0.717) is 30.4 Å². The lowest BCUT2D eigenvalue weighted by atomic mass is 10.1. The predicted molar refractivity (Wildman–Crippen MR) is 117 cm³/mol. The summed E-state index contributed by atoms with van der Waals surface area (Å²) in [6, 6.07) is 14.4. The topological polar surface area (TPSA) is 57.7 Å². The first-order valence-electron chi connectivity index (χ1n) is 10.1. The van der Waals surface area contributed by atoms with E-state index in [4.69, 9.17) is 0 Å². The van der Waals surface area contributed by atoms with Gasteiger partial charge in [-0.3, -0.25) is 4.79 Å². The van der Waals surface area contributed by atoms with Crippen LogP contribution in [-0.4, -0.2) is 43.5 Å². The quantitative estimate of drug-likeness (QED) is 0.725. The highest BCUT2D eigenvalue weighted by atomic mass is 32.2. The van der Waals surface area contributed by atoms with Gasteiger partial charge in [0.2, 0.25) is 10.0 Å². The summed E-state index contributed by atoms with van der Waals surface area (Å²) in [6.07, 6.45) is 3.72. The summed E-state index contributed by atoms with van der Waals surface area (Å²) >= 11 is 1.78. The number of piperidine rings is 1. The Hall–Kier alpha value is -1.83. The molecule has 0 aromatic heterocycles. The van der Waals surface area contributed by atoms with Crippen LogP contribution in [0.15, 0.2) is 58.3 Å². The van der Waals surface area contributed by atoms with Gasteiger partial charge in [-0.2, -0.15) is 4.31 Å². The van der Waals surface area contributed by atoms with Gasteiger partial charge in [0, 0.05) is 35.3 Å². The van der Waals surface area contributed by atoms with E-state index in [-0.39, 0.29) is 10.8 Å². The molecule has 1 fully saturated rings. The molecule has 2 heterocycles. The third-order valence-electron chi connectivity index (χ3n) is 5.52. The minimum absolute atomic E-state index is 0.150. The van der Waals surface area contributed by atoms with Crippen LogP contribution in [0.3, 0.4) is 0 Å². The molecule has 0 radical (unpaired) electrons. The van der Waals surface area contributed by atoms with Gasteiger partial charge in [0.05, 0.1) is 10.6 Å². The Morgan fingerprint density at radius 2 is 1.76 bits per heavy atom. The van der Waals surface area contributed by atoms with Gasteiger partial charge in [-0.25, -0.2) is 8.42 Å². The van der Waals surface area contributed by atoms with Gasteiger partial charge in [0.25, 0.3) is 5.91 Å². The van der Waals surface area contributed by atoms with Crippen molar-refractivity contribution in [1.82, 2.24) is 4.31 Å². The van der Waals surface area contributed by atoms with Crippen molar-refractivity contribution in [2.24, 2.45) is 0 Å². The van der Waals surface area contributed by atoms with E-state index in [9.17, 15) is 13.2 Å². The number of anilines is 1. The smallest absolute Gasteiger partial charge is 0.258 e. The van der Waals surface area contributed by atoms with Crippen molar-refractivity contribution in [3.05, 3.63) is 54.1 Å². The van der Waals surface area contributed by atoms with E-state index in [1.54, 1.807) is 39.2 Å².